The molecule has 0 radical (unpaired) electrons. The number of amides is 1. The minimum atomic E-state index is -0.500. The van der Waals surface area contributed by atoms with Crippen molar-refractivity contribution >= 4 is 18.1 Å². The van der Waals surface area contributed by atoms with Crippen molar-refractivity contribution in [1.29, 1.82) is 0 Å². The van der Waals surface area contributed by atoms with E-state index in [1.165, 1.54) is 17.0 Å². The Morgan fingerprint density at radius 2 is 1.81 bits per heavy atom. The van der Waals surface area contributed by atoms with Crippen molar-refractivity contribution in [2.75, 3.05) is 0 Å². The number of nitrogens with zero attached hydrogens (tertiary/aromatic N) is 2. The first-order chi connectivity index (χ1) is 12.6. The van der Waals surface area contributed by atoms with E-state index in [0.717, 1.165) is 17.4 Å². The topological polar surface area (TPSA) is 89.5 Å². The molecule has 1 aliphatic rings. The molecule has 2 unspecified atom stereocenters. The zero-order valence-corrected chi connectivity index (χ0v) is 14.0. The van der Waals surface area contributed by atoms with Gasteiger partial charge in [0.05, 0.1) is 11.0 Å². The summed E-state index contributed by atoms with van der Waals surface area (Å²) in [5.41, 5.74) is 1.84. The van der Waals surface area contributed by atoms with Gasteiger partial charge in [-0.25, -0.2) is 4.79 Å². The number of rotatable bonds is 7. The summed E-state index contributed by atoms with van der Waals surface area (Å²) >= 11 is 0. The maximum Gasteiger partial charge on any atom is 0.411 e. The second-order valence-corrected chi connectivity index (χ2v) is 6.10. The van der Waals surface area contributed by atoms with Crippen LogP contribution >= 0.6 is 0 Å². The van der Waals surface area contributed by atoms with Gasteiger partial charge in [-0.2, -0.15) is 0 Å². The van der Waals surface area contributed by atoms with Crippen LogP contribution in [0.1, 0.15) is 17.5 Å². The first-order valence-electron chi connectivity index (χ1n) is 8.28. The molecule has 0 aliphatic carbocycles. The largest absolute Gasteiger partial charge is 0.445 e. The number of benzene rings is 2. The number of nitro benzene ring substituents is 1. The molecule has 26 heavy (non-hydrogen) atoms. The van der Waals surface area contributed by atoms with Gasteiger partial charge < -0.3 is 9.53 Å². The number of non-ortho nitro benzene ring substituents is 1. The van der Waals surface area contributed by atoms with Gasteiger partial charge in [-0.15, -0.1) is 0 Å². The molecule has 134 valence electrons. The van der Waals surface area contributed by atoms with E-state index in [4.69, 9.17) is 4.74 Å². The highest BCUT2D eigenvalue weighted by atomic mass is 16.6. The van der Waals surface area contributed by atoms with E-state index in [1.54, 1.807) is 12.1 Å². The summed E-state index contributed by atoms with van der Waals surface area (Å²) in [5.74, 6) is 0. The molecule has 1 amide bonds. The summed E-state index contributed by atoms with van der Waals surface area (Å²) in [6.07, 6.45) is 1.47. The van der Waals surface area contributed by atoms with E-state index in [0.29, 0.717) is 12.8 Å². The lowest BCUT2D eigenvalue weighted by Crippen LogP contribution is -2.17. The first-order valence-corrected chi connectivity index (χ1v) is 8.28. The minimum absolute atomic E-state index is 0.0389. The van der Waals surface area contributed by atoms with Crippen molar-refractivity contribution in [2.24, 2.45) is 0 Å². The third-order valence-corrected chi connectivity index (χ3v) is 4.41. The fourth-order valence-electron chi connectivity index (χ4n) is 2.92. The summed E-state index contributed by atoms with van der Waals surface area (Å²) in [4.78, 5) is 35.0. The van der Waals surface area contributed by atoms with E-state index in [-0.39, 0.29) is 18.3 Å². The highest BCUT2D eigenvalue weighted by molar-refractivity contribution is 5.80. The number of aryl methyl sites for hydroxylation is 1. The van der Waals surface area contributed by atoms with Gasteiger partial charge in [-0.3, -0.25) is 15.0 Å². The Morgan fingerprint density at radius 1 is 1.12 bits per heavy atom. The fourth-order valence-corrected chi connectivity index (χ4v) is 2.92. The molecule has 7 heteroatoms. The van der Waals surface area contributed by atoms with E-state index in [1.807, 2.05) is 30.3 Å². The van der Waals surface area contributed by atoms with Crippen molar-refractivity contribution in [3.8, 4) is 0 Å². The summed E-state index contributed by atoms with van der Waals surface area (Å²) in [6.45, 7) is 0.164. The zero-order valence-electron chi connectivity index (χ0n) is 14.0. The van der Waals surface area contributed by atoms with E-state index < -0.39 is 17.1 Å². The van der Waals surface area contributed by atoms with Gasteiger partial charge in [0.25, 0.3) is 5.69 Å². The van der Waals surface area contributed by atoms with E-state index >= 15 is 0 Å². The van der Waals surface area contributed by atoms with Crippen LogP contribution in [0.4, 0.5) is 10.5 Å². The molecule has 2 atom stereocenters. The normalized spacial score (nSPS) is 18.2. The average Bonchev–Trinajstić information content (AvgIpc) is 3.39. The van der Waals surface area contributed by atoms with Crippen LogP contribution in [0.25, 0.3) is 0 Å². The Morgan fingerprint density at radius 3 is 2.42 bits per heavy atom. The molecule has 1 fully saturated rings. The summed E-state index contributed by atoms with van der Waals surface area (Å²) in [7, 11) is 0. The Hall–Kier alpha value is -3.22. The first kappa shape index (κ1) is 17.6. The number of hydrogen-bond acceptors (Lipinski definition) is 5. The lowest BCUT2D eigenvalue weighted by molar-refractivity contribution is -0.384. The highest BCUT2D eigenvalue weighted by Gasteiger charge is 2.51. The predicted octanol–water partition coefficient (Wildman–Crippen LogP) is 3.12. The predicted molar refractivity (Wildman–Crippen MR) is 93.5 cm³/mol. The molecular formula is C19H18N2O5. The third kappa shape index (κ3) is 4.05. The molecule has 1 aliphatic heterocycles. The summed E-state index contributed by atoms with van der Waals surface area (Å²) in [6, 6.07) is 15.0. The van der Waals surface area contributed by atoms with Gasteiger partial charge in [-0.1, -0.05) is 42.5 Å². The Labute approximate surface area is 150 Å². The lowest BCUT2D eigenvalue weighted by atomic mass is 10.1. The number of carbonyl (C=O) groups excluding carboxylic acids is 2. The second-order valence-electron chi connectivity index (χ2n) is 6.10. The summed E-state index contributed by atoms with van der Waals surface area (Å²) in [5, 5.41) is 10.7. The quantitative estimate of drug-likeness (QED) is 0.330. The molecule has 1 heterocycles. The minimum Gasteiger partial charge on any atom is -0.445 e. The van der Waals surface area contributed by atoms with Gasteiger partial charge >= 0.3 is 6.09 Å². The van der Waals surface area contributed by atoms with Crippen LogP contribution in [0.2, 0.25) is 0 Å². The molecule has 2 aromatic carbocycles. The maximum absolute atomic E-state index is 12.2. The van der Waals surface area contributed by atoms with E-state index in [9.17, 15) is 19.7 Å². The van der Waals surface area contributed by atoms with Crippen molar-refractivity contribution in [2.45, 2.75) is 31.5 Å². The highest BCUT2D eigenvalue weighted by Crippen LogP contribution is 2.32. The number of nitro groups is 1. The van der Waals surface area contributed by atoms with Crippen LogP contribution in [0.3, 0.4) is 0 Å². The fraction of sp³-hybridized carbons (Fsp3) is 0.263. The van der Waals surface area contributed by atoms with Crippen LogP contribution in [-0.4, -0.2) is 34.3 Å². The third-order valence-electron chi connectivity index (χ3n) is 4.41. The van der Waals surface area contributed by atoms with Crippen LogP contribution in [0, 0.1) is 10.1 Å². The maximum atomic E-state index is 12.2. The molecule has 3 rings (SSSR count). The van der Waals surface area contributed by atoms with Gasteiger partial charge in [0, 0.05) is 12.1 Å². The van der Waals surface area contributed by atoms with Gasteiger partial charge in [-0.05, 0) is 24.0 Å². The number of carbonyl (C=O) groups is 2. The zero-order chi connectivity index (χ0) is 18.5. The Kier molecular flexibility index (Phi) is 5.26. The van der Waals surface area contributed by atoms with E-state index in [2.05, 4.69) is 0 Å². The van der Waals surface area contributed by atoms with Gasteiger partial charge in [0.1, 0.15) is 18.9 Å². The monoisotopic (exact) mass is 354 g/mol. The van der Waals surface area contributed by atoms with Crippen molar-refractivity contribution < 1.29 is 19.2 Å². The Bertz CT molecular complexity index is 791. The van der Waals surface area contributed by atoms with Gasteiger partial charge in [0.2, 0.25) is 0 Å². The summed E-state index contributed by atoms with van der Waals surface area (Å²) < 4.78 is 5.26. The van der Waals surface area contributed by atoms with Crippen molar-refractivity contribution in [1.82, 2.24) is 4.90 Å². The molecule has 1 saturated heterocycles. The van der Waals surface area contributed by atoms with Gasteiger partial charge in [0.15, 0.2) is 0 Å². The molecule has 0 bridgehead atoms. The average molecular weight is 354 g/mol. The molecule has 0 aromatic heterocycles. The molecule has 7 nitrogen and oxygen atoms in total. The molecule has 0 saturated carbocycles. The number of hydrogen-bond donors (Lipinski definition) is 0. The van der Waals surface area contributed by atoms with Crippen LogP contribution in [-0.2, 0) is 22.6 Å². The van der Waals surface area contributed by atoms with Crippen LogP contribution < -0.4 is 0 Å². The molecule has 2 aromatic rings. The molecule has 0 spiro atoms. The van der Waals surface area contributed by atoms with Crippen LogP contribution in [0.15, 0.2) is 54.6 Å². The molecular weight excluding hydrogens is 336 g/mol. The second kappa shape index (κ2) is 7.77. The Balaban J connectivity index is 1.51. The molecule has 0 N–H and O–H groups in total. The van der Waals surface area contributed by atoms with Crippen molar-refractivity contribution in [3.63, 3.8) is 0 Å². The lowest BCUT2D eigenvalue weighted by Gasteiger charge is -2.07. The standard InChI is InChI=1S/C19H18N2O5/c22-12-18-17(11-8-14-6-9-16(10-7-14)21(24)25)20(18)19(23)26-13-15-4-2-1-3-5-15/h1-7,9-10,12,17-18H,8,11,13H2. The number of aldehydes is 1. The van der Waals surface area contributed by atoms with Crippen LogP contribution in [0.5, 0.6) is 0 Å². The SMILES string of the molecule is O=CC1C(CCc2ccc([N+](=O)[O-])cc2)N1C(=O)OCc1ccccc1. The smallest absolute Gasteiger partial charge is 0.411 e. The number of ether oxygens (including phenoxy) is 1. The van der Waals surface area contributed by atoms with Crippen molar-refractivity contribution in [3.05, 3.63) is 75.8 Å².